The first-order valence-electron chi connectivity index (χ1n) is 8.77. The molecule has 27 heavy (non-hydrogen) atoms. The van der Waals surface area contributed by atoms with Crippen molar-refractivity contribution < 1.29 is 9.72 Å². The second kappa shape index (κ2) is 8.73. The first kappa shape index (κ1) is 19.0. The Hall–Kier alpha value is -2.80. The second-order valence-corrected chi connectivity index (χ2v) is 7.27. The van der Waals surface area contributed by atoms with Gasteiger partial charge >= 0.3 is 0 Å². The van der Waals surface area contributed by atoms with Gasteiger partial charge in [-0.2, -0.15) is 0 Å². The lowest BCUT2D eigenvalue weighted by Gasteiger charge is -2.18. The molecule has 0 bridgehead atoms. The molecule has 1 heterocycles. The Kier molecular flexibility index (Phi) is 6.13. The highest BCUT2D eigenvalue weighted by Gasteiger charge is 2.24. The second-order valence-electron chi connectivity index (χ2n) is 6.20. The van der Waals surface area contributed by atoms with Crippen molar-refractivity contribution >= 4 is 34.7 Å². The molecule has 1 amide bonds. The van der Waals surface area contributed by atoms with Crippen LogP contribution in [0.15, 0.2) is 60.0 Å². The lowest BCUT2D eigenvalue weighted by atomic mass is 10.1. The molecule has 0 saturated carbocycles. The van der Waals surface area contributed by atoms with E-state index in [4.69, 9.17) is 0 Å². The number of benzene rings is 2. The third-order valence-corrected chi connectivity index (χ3v) is 5.44. The number of anilines is 2. The number of hydrogen-bond donors (Lipinski definition) is 1. The fraction of sp³-hybridized carbons (Fsp3) is 0.250. The molecular weight excluding hydrogens is 362 g/mol. The molecule has 0 radical (unpaired) electrons. The number of nitrogens with zero attached hydrogens (tertiary/aromatic N) is 2. The van der Waals surface area contributed by atoms with Crippen LogP contribution in [0.2, 0.25) is 0 Å². The predicted molar refractivity (Wildman–Crippen MR) is 110 cm³/mol. The van der Waals surface area contributed by atoms with Gasteiger partial charge in [0, 0.05) is 35.4 Å². The number of thioether (sulfide) groups is 1. The van der Waals surface area contributed by atoms with Crippen LogP contribution in [0, 0.1) is 10.1 Å². The van der Waals surface area contributed by atoms with Gasteiger partial charge in [0.2, 0.25) is 0 Å². The number of nitro groups is 1. The highest BCUT2D eigenvalue weighted by atomic mass is 32.2. The molecule has 140 valence electrons. The topological polar surface area (TPSA) is 75.5 Å². The highest BCUT2D eigenvalue weighted by Crippen LogP contribution is 2.32. The van der Waals surface area contributed by atoms with Gasteiger partial charge in [-0.05, 0) is 37.1 Å². The summed E-state index contributed by atoms with van der Waals surface area (Å²) < 4.78 is 0. The first-order valence-corrected chi connectivity index (χ1v) is 9.76. The molecule has 0 spiro atoms. The minimum absolute atomic E-state index is 0.0288. The van der Waals surface area contributed by atoms with E-state index in [9.17, 15) is 14.9 Å². The van der Waals surface area contributed by atoms with Gasteiger partial charge < -0.3 is 10.2 Å². The Balaban J connectivity index is 1.84. The maximum Gasteiger partial charge on any atom is 0.293 e. The van der Waals surface area contributed by atoms with Crippen LogP contribution in [0.3, 0.4) is 0 Å². The maximum atomic E-state index is 12.7. The minimum atomic E-state index is -0.418. The van der Waals surface area contributed by atoms with Gasteiger partial charge in [-0.3, -0.25) is 14.9 Å². The van der Waals surface area contributed by atoms with E-state index in [2.05, 4.69) is 11.9 Å². The number of hydrogen-bond acceptors (Lipinski definition) is 5. The molecule has 2 aromatic rings. The van der Waals surface area contributed by atoms with Gasteiger partial charge in [-0.25, -0.2) is 0 Å². The van der Waals surface area contributed by atoms with E-state index in [-0.39, 0.29) is 17.2 Å². The molecule has 0 aromatic heterocycles. The van der Waals surface area contributed by atoms with E-state index in [1.807, 2.05) is 29.2 Å². The average molecular weight is 383 g/mol. The van der Waals surface area contributed by atoms with Crippen molar-refractivity contribution in [2.75, 3.05) is 29.1 Å². The summed E-state index contributed by atoms with van der Waals surface area (Å²) in [5, 5.41) is 14.4. The predicted octanol–water partition coefficient (Wildman–Crippen LogP) is 4.73. The lowest BCUT2D eigenvalue weighted by molar-refractivity contribution is -0.384. The molecule has 0 unspecified atom stereocenters. The highest BCUT2D eigenvalue weighted by molar-refractivity contribution is 7.99. The van der Waals surface area contributed by atoms with Gasteiger partial charge in [0.05, 0.1) is 10.6 Å². The molecule has 6 nitrogen and oxygen atoms in total. The average Bonchev–Trinajstić information content (AvgIpc) is 3.21. The van der Waals surface area contributed by atoms with Crippen LogP contribution >= 0.6 is 11.8 Å². The van der Waals surface area contributed by atoms with E-state index in [0.29, 0.717) is 11.4 Å². The molecule has 0 aliphatic carbocycles. The molecule has 3 rings (SSSR count). The van der Waals surface area contributed by atoms with Crippen molar-refractivity contribution in [1.82, 2.24) is 0 Å². The van der Waals surface area contributed by atoms with Crippen molar-refractivity contribution in [2.24, 2.45) is 0 Å². The molecule has 2 aromatic carbocycles. The van der Waals surface area contributed by atoms with Crippen molar-refractivity contribution in [2.45, 2.75) is 17.7 Å². The number of carbonyl (C=O) groups excluding carboxylic acids is 1. The summed E-state index contributed by atoms with van der Waals surface area (Å²) in [7, 11) is 0. The fourth-order valence-corrected chi connectivity index (χ4v) is 3.82. The molecule has 0 atom stereocenters. The smallest absolute Gasteiger partial charge is 0.293 e. The molecule has 1 N–H and O–H groups in total. The molecular formula is C20H21N3O3S. The number of rotatable bonds is 7. The van der Waals surface area contributed by atoms with Crippen molar-refractivity contribution in [1.29, 1.82) is 0 Å². The summed E-state index contributed by atoms with van der Waals surface area (Å²) >= 11 is 1.56. The third kappa shape index (κ3) is 4.49. The Morgan fingerprint density at radius 3 is 2.70 bits per heavy atom. The van der Waals surface area contributed by atoms with E-state index in [1.54, 1.807) is 30.0 Å². The van der Waals surface area contributed by atoms with Crippen molar-refractivity contribution in [3.05, 3.63) is 70.8 Å². The summed E-state index contributed by atoms with van der Waals surface area (Å²) in [5.74, 6) is 0.362. The van der Waals surface area contributed by atoms with E-state index >= 15 is 0 Å². The Morgan fingerprint density at radius 1 is 1.26 bits per heavy atom. The Labute approximate surface area is 162 Å². The molecule has 1 aliphatic heterocycles. The van der Waals surface area contributed by atoms with Crippen molar-refractivity contribution in [3.8, 4) is 0 Å². The van der Waals surface area contributed by atoms with Crippen LogP contribution in [0.1, 0.15) is 23.2 Å². The zero-order valence-corrected chi connectivity index (χ0v) is 15.7. The van der Waals surface area contributed by atoms with Gasteiger partial charge in [-0.15, -0.1) is 18.3 Å². The molecule has 1 saturated heterocycles. The van der Waals surface area contributed by atoms with Gasteiger partial charge in [0.25, 0.3) is 11.6 Å². The van der Waals surface area contributed by atoms with Gasteiger partial charge in [0.1, 0.15) is 5.69 Å². The largest absolute Gasteiger partial charge is 0.366 e. The first-order chi connectivity index (χ1) is 13.1. The fourth-order valence-electron chi connectivity index (χ4n) is 3.08. The summed E-state index contributed by atoms with van der Waals surface area (Å²) in [6.45, 7) is 5.32. The van der Waals surface area contributed by atoms with E-state index in [0.717, 1.165) is 36.6 Å². The monoisotopic (exact) mass is 383 g/mol. The number of amides is 1. The summed E-state index contributed by atoms with van der Waals surface area (Å²) in [4.78, 5) is 26.7. The Morgan fingerprint density at radius 2 is 2.00 bits per heavy atom. The van der Waals surface area contributed by atoms with Crippen LogP contribution < -0.4 is 10.2 Å². The van der Waals surface area contributed by atoms with Gasteiger partial charge in [0.15, 0.2) is 0 Å². The van der Waals surface area contributed by atoms with Crippen LogP contribution in [0.4, 0.5) is 17.1 Å². The Bertz CT molecular complexity index is 863. The minimum Gasteiger partial charge on any atom is -0.366 e. The van der Waals surface area contributed by atoms with Crippen LogP contribution in [0.25, 0.3) is 0 Å². The number of nitro benzene ring substituents is 1. The molecule has 7 heteroatoms. The van der Waals surface area contributed by atoms with Crippen LogP contribution in [-0.2, 0) is 0 Å². The number of para-hydroxylation sites is 1. The molecule has 1 aliphatic rings. The zero-order chi connectivity index (χ0) is 19.2. The lowest BCUT2D eigenvalue weighted by Crippen LogP contribution is -2.20. The van der Waals surface area contributed by atoms with E-state index < -0.39 is 4.92 Å². The number of nitrogens with one attached hydrogen (secondary N) is 1. The van der Waals surface area contributed by atoms with Crippen LogP contribution in [0.5, 0.6) is 0 Å². The molecule has 1 fully saturated rings. The summed E-state index contributed by atoms with van der Waals surface area (Å²) in [5.41, 5.74) is 1.50. The normalized spacial score (nSPS) is 13.4. The zero-order valence-electron chi connectivity index (χ0n) is 14.9. The standard InChI is InChI=1S/C20H21N3O3S/c1-2-13-27-19-8-4-3-7-16(19)21-20(24)15-9-10-17(18(14-15)23(25)26)22-11-5-6-12-22/h2-4,7-10,14H,1,5-6,11-13H2,(H,21,24). The van der Waals surface area contributed by atoms with Crippen molar-refractivity contribution in [3.63, 3.8) is 0 Å². The summed E-state index contributed by atoms with van der Waals surface area (Å²) in [6, 6.07) is 12.2. The SMILES string of the molecule is C=CCSc1ccccc1NC(=O)c1ccc(N2CCCC2)c([N+](=O)[O-])c1. The summed E-state index contributed by atoms with van der Waals surface area (Å²) in [6.07, 6.45) is 3.85. The van der Waals surface area contributed by atoms with Gasteiger partial charge in [-0.1, -0.05) is 18.2 Å². The maximum absolute atomic E-state index is 12.7. The van der Waals surface area contributed by atoms with E-state index in [1.165, 1.54) is 6.07 Å². The third-order valence-electron chi connectivity index (χ3n) is 4.37. The van der Waals surface area contributed by atoms with Crippen LogP contribution in [-0.4, -0.2) is 29.7 Å². The quantitative estimate of drug-likeness (QED) is 0.324. The number of carbonyl (C=O) groups is 1.